The fourth-order valence-corrected chi connectivity index (χ4v) is 0.424. The van der Waals surface area contributed by atoms with Crippen LogP contribution in [0.25, 0.3) is 0 Å². The second kappa shape index (κ2) is 7.74. The van der Waals surface area contributed by atoms with Crippen LogP contribution in [0.15, 0.2) is 0 Å². The Morgan fingerprint density at radius 3 is 2.89 bits per heavy atom. The number of hydrogen-bond donors (Lipinski definition) is 0. The van der Waals surface area contributed by atoms with E-state index in [4.69, 9.17) is 10.00 Å². The molecular weight excluding hydrogens is 229 g/mol. The van der Waals surface area contributed by atoms with Crippen molar-refractivity contribution in [2.45, 2.75) is 6.42 Å². The molecule has 0 aliphatic heterocycles. The third kappa shape index (κ3) is 7.74. The average molecular weight is 235 g/mol. The van der Waals surface area contributed by atoms with E-state index in [-0.39, 0.29) is 0 Å². The topological polar surface area (TPSA) is 33.0 Å². The molecular formula is C6H6INO. The van der Waals surface area contributed by atoms with Crippen LogP contribution >= 0.6 is 22.6 Å². The van der Waals surface area contributed by atoms with E-state index >= 15 is 0 Å². The second-order valence-electron chi connectivity index (χ2n) is 1.23. The molecule has 0 aromatic carbocycles. The molecule has 0 saturated carbocycles. The Morgan fingerprint density at radius 2 is 2.33 bits per heavy atom. The van der Waals surface area contributed by atoms with Crippen LogP contribution in [0.3, 0.4) is 0 Å². The molecule has 0 atom stereocenters. The highest BCUT2D eigenvalue weighted by atomic mass is 127. The van der Waals surface area contributed by atoms with Gasteiger partial charge in [0.05, 0.1) is 19.1 Å². The van der Waals surface area contributed by atoms with Gasteiger partial charge in [-0.05, 0) is 3.93 Å². The second-order valence-corrected chi connectivity index (χ2v) is 1.77. The Labute approximate surface area is 68.3 Å². The number of hydrogen-bond acceptors (Lipinski definition) is 2. The van der Waals surface area contributed by atoms with Gasteiger partial charge in [0.25, 0.3) is 0 Å². The number of rotatable bonds is 3. The van der Waals surface area contributed by atoms with Gasteiger partial charge in [0, 0.05) is 22.6 Å². The summed E-state index contributed by atoms with van der Waals surface area (Å²) in [7, 11) is 0. The van der Waals surface area contributed by atoms with Crippen LogP contribution in [0, 0.1) is 21.2 Å². The van der Waals surface area contributed by atoms with Gasteiger partial charge < -0.3 is 4.74 Å². The van der Waals surface area contributed by atoms with Crippen molar-refractivity contribution in [1.29, 1.82) is 5.26 Å². The zero-order chi connectivity index (χ0) is 6.95. The molecule has 0 saturated heterocycles. The Morgan fingerprint density at radius 1 is 1.56 bits per heavy atom. The fourth-order valence-electron chi connectivity index (χ4n) is 0.268. The highest BCUT2D eigenvalue weighted by molar-refractivity contribution is 14.1. The molecule has 48 valence electrons. The third-order valence-electron chi connectivity index (χ3n) is 0.599. The van der Waals surface area contributed by atoms with Crippen molar-refractivity contribution in [1.82, 2.24) is 0 Å². The Kier molecular flexibility index (Phi) is 7.52. The van der Waals surface area contributed by atoms with Crippen molar-refractivity contribution >= 4 is 22.6 Å². The number of halogens is 1. The van der Waals surface area contributed by atoms with Crippen molar-refractivity contribution < 1.29 is 4.74 Å². The lowest BCUT2D eigenvalue weighted by molar-refractivity contribution is 0.173. The maximum absolute atomic E-state index is 8.06. The van der Waals surface area contributed by atoms with Crippen molar-refractivity contribution in [3.63, 3.8) is 0 Å². The smallest absolute Gasteiger partial charge is 0.108 e. The zero-order valence-corrected chi connectivity index (χ0v) is 7.01. The van der Waals surface area contributed by atoms with Crippen molar-refractivity contribution in [2.75, 3.05) is 13.2 Å². The third-order valence-corrected chi connectivity index (χ3v) is 0.981. The first-order valence-corrected chi connectivity index (χ1v) is 3.53. The normalized spacial score (nSPS) is 7.11. The number of nitriles is 1. The van der Waals surface area contributed by atoms with E-state index in [1.807, 2.05) is 28.7 Å². The van der Waals surface area contributed by atoms with Gasteiger partial charge in [0.1, 0.15) is 6.61 Å². The lowest BCUT2D eigenvalue weighted by Crippen LogP contribution is -1.92. The van der Waals surface area contributed by atoms with Crippen LogP contribution < -0.4 is 0 Å². The van der Waals surface area contributed by atoms with Crippen molar-refractivity contribution in [3.8, 4) is 15.9 Å². The van der Waals surface area contributed by atoms with Crippen LogP contribution in [-0.4, -0.2) is 13.2 Å². The molecule has 2 nitrogen and oxygen atoms in total. The van der Waals surface area contributed by atoms with Gasteiger partial charge in [0.15, 0.2) is 0 Å². The summed E-state index contributed by atoms with van der Waals surface area (Å²) in [4.78, 5) is 0. The monoisotopic (exact) mass is 235 g/mol. The first-order valence-electron chi connectivity index (χ1n) is 2.45. The molecule has 0 aromatic rings. The highest BCUT2D eigenvalue weighted by Gasteiger charge is 1.80. The first-order chi connectivity index (χ1) is 4.41. The maximum Gasteiger partial charge on any atom is 0.108 e. The molecule has 0 N–H and O–H groups in total. The maximum atomic E-state index is 8.06. The minimum atomic E-state index is 0.435. The van der Waals surface area contributed by atoms with Crippen molar-refractivity contribution in [2.24, 2.45) is 0 Å². The van der Waals surface area contributed by atoms with Gasteiger partial charge in [-0.1, -0.05) is 5.92 Å². The molecule has 3 heteroatoms. The molecule has 0 bridgehead atoms. The Balaban J connectivity index is 2.91. The summed E-state index contributed by atoms with van der Waals surface area (Å²) in [6, 6.07) is 1.97. The zero-order valence-electron chi connectivity index (χ0n) is 4.85. The Hall–Kier alpha value is -0.260. The summed E-state index contributed by atoms with van der Waals surface area (Å²) in [5, 5.41) is 8.06. The standard InChI is InChI=1S/C6H6INO/c7-3-1-5-9-6-2-4-8/h2,5-6H2. The molecule has 0 amide bonds. The van der Waals surface area contributed by atoms with E-state index in [9.17, 15) is 0 Å². The van der Waals surface area contributed by atoms with Gasteiger partial charge in [0.2, 0.25) is 0 Å². The van der Waals surface area contributed by atoms with Gasteiger partial charge in [-0.15, -0.1) is 0 Å². The van der Waals surface area contributed by atoms with Gasteiger partial charge in [-0.3, -0.25) is 0 Å². The minimum Gasteiger partial charge on any atom is -0.368 e. The SMILES string of the molecule is N#CCCOCC#CI. The minimum absolute atomic E-state index is 0.435. The molecule has 0 aliphatic rings. The first kappa shape index (κ1) is 8.74. The Bertz CT molecular complexity index is 151. The predicted molar refractivity (Wildman–Crippen MR) is 42.8 cm³/mol. The van der Waals surface area contributed by atoms with E-state index in [0.717, 1.165) is 0 Å². The number of ether oxygens (including phenoxy) is 1. The molecule has 9 heavy (non-hydrogen) atoms. The molecule has 0 aliphatic carbocycles. The largest absolute Gasteiger partial charge is 0.368 e. The summed E-state index contributed by atoms with van der Waals surface area (Å²) >= 11 is 1.94. The molecule has 0 rings (SSSR count). The molecule has 0 unspecified atom stereocenters. The van der Waals surface area contributed by atoms with Gasteiger partial charge in [-0.2, -0.15) is 5.26 Å². The molecule has 0 aromatic heterocycles. The van der Waals surface area contributed by atoms with Crippen LogP contribution in [0.2, 0.25) is 0 Å². The van der Waals surface area contributed by atoms with E-state index in [1.54, 1.807) is 0 Å². The lowest BCUT2D eigenvalue weighted by atomic mass is 10.5. The molecule has 0 fully saturated rings. The summed E-state index contributed by atoms with van der Waals surface area (Å²) in [6.45, 7) is 0.923. The summed E-state index contributed by atoms with van der Waals surface area (Å²) < 4.78 is 7.57. The lowest BCUT2D eigenvalue weighted by Gasteiger charge is -1.90. The molecule has 0 spiro atoms. The van der Waals surface area contributed by atoms with Gasteiger partial charge in [-0.25, -0.2) is 0 Å². The van der Waals surface area contributed by atoms with E-state index in [0.29, 0.717) is 19.6 Å². The van der Waals surface area contributed by atoms with E-state index in [1.165, 1.54) is 0 Å². The van der Waals surface area contributed by atoms with Gasteiger partial charge >= 0.3 is 0 Å². The van der Waals surface area contributed by atoms with E-state index in [2.05, 4.69) is 9.85 Å². The number of nitrogens with zero attached hydrogens (tertiary/aromatic N) is 1. The van der Waals surface area contributed by atoms with Crippen LogP contribution in [0.4, 0.5) is 0 Å². The highest BCUT2D eigenvalue weighted by Crippen LogP contribution is 1.78. The predicted octanol–water partition coefficient (Wildman–Crippen LogP) is 1.31. The fraction of sp³-hybridized carbons (Fsp3) is 0.500. The summed E-state index contributed by atoms with van der Waals surface area (Å²) in [5.74, 6) is 2.71. The molecule has 0 heterocycles. The van der Waals surface area contributed by atoms with Crippen LogP contribution in [0.5, 0.6) is 0 Å². The molecule has 0 radical (unpaired) electrons. The van der Waals surface area contributed by atoms with Crippen molar-refractivity contribution in [3.05, 3.63) is 0 Å². The quantitative estimate of drug-likeness (QED) is 0.419. The average Bonchev–Trinajstić information content (AvgIpc) is 1.89. The summed E-state index contributed by atoms with van der Waals surface area (Å²) in [6.07, 6.45) is 0.447. The van der Waals surface area contributed by atoms with Crippen LogP contribution in [-0.2, 0) is 4.74 Å². The summed E-state index contributed by atoms with van der Waals surface area (Å²) in [5.41, 5.74) is 0. The van der Waals surface area contributed by atoms with E-state index < -0.39 is 0 Å². The van der Waals surface area contributed by atoms with Crippen LogP contribution in [0.1, 0.15) is 6.42 Å².